The number of hydrogen-bond acceptors (Lipinski definition) is 5. The second kappa shape index (κ2) is 7.01. The van der Waals surface area contributed by atoms with E-state index in [4.69, 9.17) is 4.42 Å². The third kappa shape index (κ3) is 4.10. The van der Waals surface area contributed by atoms with Gasteiger partial charge < -0.3 is 15.1 Å². The van der Waals surface area contributed by atoms with Crippen LogP contribution >= 0.6 is 0 Å². The van der Waals surface area contributed by atoms with E-state index in [0.29, 0.717) is 24.2 Å². The number of fused-ring (bicyclic) bond motifs is 1. The Morgan fingerprint density at radius 2 is 2.12 bits per heavy atom. The minimum atomic E-state index is -4.42. The summed E-state index contributed by atoms with van der Waals surface area (Å²) < 4.78 is 45.3. The summed E-state index contributed by atoms with van der Waals surface area (Å²) in [6, 6.07) is 3.12. The summed E-state index contributed by atoms with van der Waals surface area (Å²) in [6.45, 7) is 2.84. The zero-order chi connectivity index (χ0) is 18.0. The van der Waals surface area contributed by atoms with Gasteiger partial charge in [0.2, 0.25) is 0 Å². The minimum absolute atomic E-state index is 0.0469. The Bertz CT molecular complexity index is 753. The lowest BCUT2D eigenvalue weighted by Gasteiger charge is -2.35. The first-order chi connectivity index (χ1) is 11.8. The summed E-state index contributed by atoms with van der Waals surface area (Å²) in [7, 11) is 0. The van der Waals surface area contributed by atoms with Crippen LogP contribution in [0, 0.1) is 6.92 Å². The second-order valence-electron chi connectivity index (χ2n) is 6.00. The summed E-state index contributed by atoms with van der Waals surface area (Å²) in [5, 5.41) is 5.35. The van der Waals surface area contributed by atoms with Crippen LogP contribution in [0.15, 0.2) is 22.6 Å². The molecule has 1 amide bonds. The predicted octanol–water partition coefficient (Wildman–Crippen LogP) is 1.70. The van der Waals surface area contributed by atoms with Gasteiger partial charge in [-0.1, -0.05) is 0 Å². The van der Waals surface area contributed by atoms with Gasteiger partial charge in [-0.05, 0) is 19.1 Å². The van der Waals surface area contributed by atoms with E-state index in [1.54, 1.807) is 19.1 Å². The Morgan fingerprint density at radius 3 is 2.80 bits per heavy atom. The summed E-state index contributed by atoms with van der Waals surface area (Å²) in [5.74, 6) is -0.727. The molecule has 0 saturated carbocycles. The highest BCUT2D eigenvalue weighted by molar-refractivity contribution is 5.95. The van der Waals surface area contributed by atoms with Crippen molar-refractivity contribution >= 4 is 17.0 Å². The Labute approximate surface area is 142 Å². The lowest BCUT2D eigenvalue weighted by molar-refractivity contribution is -0.183. The molecule has 1 unspecified atom stereocenters. The lowest BCUT2D eigenvalue weighted by atomic mass is 10.2. The van der Waals surface area contributed by atoms with Crippen molar-refractivity contribution in [2.45, 2.75) is 19.1 Å². The van der Waals surface area contributed by atoms with Crippen LogP contribution in [0.1, 0.15) is 16.2 Å². The first-order valence-electron chi connectivity index (χ1n) is 8.01. The first-order valence-corrected chi connectivity index (χ1v) is 8.01. The molecule has 1 atom stereocenters. The number of halogens is 3. The maximum atomic E-state index is 13.3. The van der Waals surface area contributed by atoms with Crippen LogP contribution in [0.2, 0.25) is 0 Å². The summed E-state index contributed by atoms with van der Waals surface area (Å²) in [5.41, 5.74) is 1.68. The number of aromatic nitrogens is 1. The van der Waals surface area contributed by atoms with E-state index in [2.05, 4.69) is 15.6 Å². The largest absolute Gasteiger partial charge is 0.449 e. The fourth-order valence-electron chi connectivity index (χ4n) is 2.86. The number of carbonyl (C=O) groups excluding carboxylic acids is 1. The average molecular weight is 356 g/mol. The molecule has 2 N–H and O–H groups in total. The standard InChI is InChI=1S/C16H19F3N4O2/c1-10-2-3-12-11(22-10)8-13(25-12)15(24)21-9-14(16(17,18)19)23-6-4-20-5-7-23/h2-3,8,14,20H,4-7,9H2,1H3,(H,21,24). The minimum Gasteiger partial charge on any atom is -0.449 e. The van der Waals surface area contributed by atoms with Crippen molar-refractivity contribution in [3.63, 3.8) is 0 Å². The molecule has 2 aromatic rings. The van der Waals surface area contributed by atoms with Crippen molar-refractivity contribution in [2.24, 2.45) is 0 Å². The molecule has 1 fully saturated rings. The Hall–Kier alpha value is -2.13. The molecule has 3 heterocycles. The van der Waals surface area contributed by atoms with E-state index in [-0.39, 0.29) is 18.8 Å². The van der Waals surface area contributed by atoms with Crippen LogP contribution in [0.4, 0.5) is 13.2 Å². The maximum absolute atomic E-state index is 13.3. The molecule has 1 saturated heterocycles. The third-order valence-electron chi connectivity index (χ3n) is 4.16. The van der Waals surface area contributed by atoms with Crippen LogP contribution in [0.25, 0.3) is 11.1 Å². The molecule has 136 valence electrons. The first kappa shape index (κ1) is 17.7. The molecule has 0 spiro atoms. The average Bonchev–Trinajstić information content (AvgIpc) is 2.98. The van der Waals surface area contributed by atoms with E-state index < -0.39 is 24.7 Å². The number of pyridine rings is 1. The van der Waals surface area contributed by atoms with E-state index in [9.17, 15) is 18.0 Å². The topological polar surface area (TPSA) is 70.4 Å². The maximum Gasteiger partial charge on any atom is 0.405 e. The van der Waals surface area contributed by atoms with Gasteiger partial charge in [-0.3, -0.25) is 9.69 Å². The number of alkyl halides is 3. The smallest absolute Gasteiger partial charge is 0.405 e. The van der Waals surface area contributed by atoms with Gasteiger partial charge in [0.15, 0.2) is 11.3 Å². The number of carbonyl (C=O) groups is 1. The monoisotopic (exact) mass is 356 g/mol. The highest BCUT2D eigenvalue weighted by Crippen LogP contribution is 2.25. The number of rotatable bonds is 4. The second-order valence-corrected chi connectivity index (χ2v) is 6.00. The van der Waals surface area contributed by atoms with Crippen LogP contribution < -0.4 is 10.6 Å². The van der Waals surface area contributed by atoms with Gasteiger partial charge in [-0.2, -0.15) is 13.2 Å². The molecule has 25 heavy (non-hydrogen) atoms. The summed E-state index contributed by atoms with van der Waals surface area (Å²) in [4.78, 5) is 17.7. The molecular formula is C16H19F3N4O2. The zero-order valence-corrected chi connectivity index (χ0v) is 13.7. The fourth-order valence-corrected chi connectivity index (χ4v) is 2.86. The number of aryl methyl sites for hydroxylation is 1. The summed E-state index contributed by atoms with van der Waals surface area (Å²) in [6.07, 6.45) is -4.42. The lowest BCUT2D eigenvalue weighted by Crippen LogP contribution is -2.57. The number of piperazine rings is 1. The highest BCUT2D eigenvalue weighted by atomic mass is 19.4. The van der Waals surface area contributed by atoms with Gasteiger partial charge >= 0.3 is 6.18 Å². The van der Waals surface area contributed by atoms with Crippen LogP contribution in [0.3, 0.4) is 0 Å². The van der Waals surface area contributed by atoms with Crippen molar-refractivity contribution < 1.29 is 22.4 Å². The van der Waals surface area contributed by atoms with Crippen molar-refractivity contribution in [1.29, 1.82) is 0 Å². The van der Waals surface area contributed by atoms with Gasteiger partial charge in [-0.15, -0.1) is 0 Å². The van der Waals surface area contributed by atoms with E-state index in [1.807, 2.05) is 0 Å². The molecule has 1 aliphatic heterocycles. The molecule has 2 aromatic heterocycles. The zero-order valence-electron chi connectivity index (χ0n) is 13.7. The molecule has 0 aromatic carbocycles. The van der Waals surface area contributed by atoms with Gasteiger partial charge in [0.05, 0.1) is 0 Å². The number of nitrogens with zero attached hydrogens (tertiary/aromatic N) is 2. The fraction of sp³-hybridized carbons (Fsp3) is 0.500. The molecule has 9 heteroatoms. The molecule has 0 aliphatic carbocycles. The Morgan fingerprint density at radius 1 is 1.40 bits per heavy atom. The van der Waals surface area contributed by atoms with Crippen molar-refractivity contribution in [1.82, 2.24) is 20.5 Å². The molecular weight excluding hydrogens is 337 g/mol. The molecule has 1 aliphatic rings. The Kier molecular flexibility index (Phi) is 4.96. The van der Waals surface area contributed by atoms with Crippen molar-refractivity contribution in [2.75, 3.05) is 32.7 Å². The van der Waals surface area contributed by atoms with E-state index in [1.165, 1.54) is 11.0 Å². The van der Waals surface area contributed by atoms with Crippen LogP contribution in [0.5, 0.6) is 0 Å². The van der Waals surface area contributed by atoms with Crippen molar-refractivity contribution in [3.8, 4) is 0 Å². The van der Waals surface area contributed by atoms with Crippen LogP contribution in [-0.4, -0.2) is 60.7 Å². The number of amides is 1. The SMILES string of the molecule is Cc1ccc2oc(C(=O)NCC(N3CCNCC3)C(F)(F)F)cc2n1. The molecule has 0 bridgehead atoms. The van der Waals surface area contributed by atoms with E-state index in [0.717, 1.165) is 5.69 Å². The number of nitrogens with one attached hydrogen (secondary N) is 2. The molecule has 3 rings (SSSR count). The quantitative estimate of drug-likeness (QED) is 0.873. The van der Waals surface area contributed by atoms with Gasteiger partial charge in [0.1, 0.15) is 11.6 Å². The van der Waals surface area contributed by atoms with Gasteiger partial charge in [0, 0.05) is 44.5 Å². The third-order valence-corrected chi connectivity index (χ3v) is 4.16. The van der Waals surface area contributed by atoms with Crippen LogP contribution in [-0.2, 0) is 0 Å². The van der Waals surface area contributed by atoms with Gasteiger partial charge in [0.25, 0.3) is 5.91 Å². The normalized spacial score (nSPS) is 17.6. The Balaban J connectivity index is 1.69. The van der Waals surface area contributed by atoms with E-state index >= 15 is 0 Å². The number of hydrogen-bond donors (Lipinski definition) is 2. The van der Waals surface area contributed by atoms with Crippen molar-refractivity contribution in [3.05, 3.63) is 29.7 Å². The number of furan rings is 1. The van der Waals surface area contributed by atoms with Gasteiger partial charge in [-0.25, -0.2) is 4.98 Å². The predicted molar refractivity (Wildman–Crippen MR) is 85.4 cm³/mol. The molecule has 6 nitrogen and oxygen atoms in total. The summed E-state index contributed by atoms with van der Waals surface area (Å²) >= 11 is 0. The highest BCUT2D eigenvalue weighted by Gasteiger charge is 2.43. The molecule has 0 radical (unpaired) electrons.